The van der Waals surface area contributed by atoms with Crippen molar-refractivity contribution >= 4 is 11.0 Å². The lowest BCUT2D eigenvalue weighted by Crippen LogP contribution is -2.02. The van der Waals surface area contributed by atoms with Crippen LogP contribution in [-0.4, -0.2) is 15.3 Å². The summed E-state index contributed by atoms with van der Waals surface area (Å²) in [6.07, 6.45) is 0. The van der Waals surface area contributed by atoms with E-state index in [0.29, 0.717) is 33.4 Å². The van der Waals surface area contributed by atoms with Crippen LogP contribution in [0.1, 0.15) is 5.56 Å². The van der Waals surface area contributed by atoms with Crippen molar-refractivity contribution in [3.8, 4) is 45.4 Å². The predicted molar refractivity (Wildman–Crippen MR) is 120 cm³/mol. The molecule has 164 valence electrons. The van der Waals surface area contributed by atoms with Crippen LogP contribution in [0.15, 0.2) is 82.0 Å². The summed E-state index contributed by atoms with van der Waals surface area (Å²) >= 11 is 0. The lowest BCUT2D eigenvalue weighted by molar-refractivity contribution is 0.300. The molecule has 0 spiro atoms. The predicted octanol–water partition coefficient (Wildman–Crippen LogP) is 5.40. The van der Waals surface area contributed by atoms with E-state index in [-0.39, 0.29) is 35.3 Å². The van der Waals surface area contributed by atoms with E-state index in [0.717, 1.165) is 6.07 Å². The Labute approximate surface area is 186 Å². The molecule has 0 radical (unpaired) electrons. The summed E-state index contributed by atoms with van der Waals surface area (Å²) in [6.45, 7) is 0.0245. The largest absolute Gasteiger partial charge is 0.504 e. The quantitative estimate of drug-likeness (QED) is 0.254. The van der Waals surface area contributed by atoms with Crippen LogP contribution in [0, 0.1) is 5.82 Å². The normalized spacial score (nSPS) is 11.2. The molecule has 0 amide bonds. The van der Waals surface area contributed by atoms with Crippen LogP contribution in [0.2, 0.25) is 0 Å². The summed E-state index contributed by atoms with van der Waals surface area (Å²) in [6, 6.07) is 18.4. The minimum Gasteiger partial charge on any atom is -0.504 e. The second-order valence-electron chi connectivity index (χ2n) is 7.54. The molecule has 0 fully saturated rings. The van der Waals surface area contributed by atoms with E-state index >= 15 is 0 Å². The number of aromatic hydroxyl groups is 3. The van der Waals surface area contributed by atoms with Crippen LogP contribution >= 0.6 is 0 Å². The molecule has 0 atom stereocenters. The zero-order chi connectivity index (χ0) is 23.1. The number of rotatable bonds is 4. The average molecular weight is 444 g/mol. The number of hydrogen-bond acceptors (Lipinski definition) is 6. The molecule has 3 aromatic rings. The zero-order valence-corrected chi connectivity index (χ0v) is 17.1. The Morgan fingerprint density at radius 1 is 0.848 bits per heavy atom. The second kappa shape index (κ2) is 7.87. The second-order valence-corrected chi connectivity index (χ2v) is 7.54. The number of ether oxygens (including phenoxy) is 1. The SMILES string of the molecule is O=c1cc2oc3cc(O)c(O)cc3c(-c3cccc(OCc4ccccc4F)c3)c-2cc1O. The van der Waals surface area contributed by atoms with Crippen molar-refractivity contribution < 1.29 is 28.9 Å². The molecule has 3 aromatic carbocycles. The Morgan fingerprint density at radius 3 is 2.45 bits per heavy atom. The van der Waals surface area contributed by atoms with Gasteiger partial charge in [0.1, 0.15) is 29.5 Å². The molecule has 5 rings (SSSR count). The lowest BCUT2D eigenvalue weighted by Gasteiger charge is -2.17. The zero-order valence-electron chi connectivity index (χ0n) is 17.1. The van der Waals surface area contributed by atoms with Gasteiger partial charge in [-0.2, -0.15) is 0 Å². The van der Waals surface area contributed by atoms with Gasteiger partial charge in [0.2, 0.25) is 5.43 Å². The van der Waals surface area contributed by atoms with E-state index in [2.05, 4.69) is 0 Å². The van der Waals surface area contributed by atoms with Crippen molar-refractivity contribution in [1.29, 1.82) is 0 Å². The number of fused-ring (bicyclic) bond motifs is 2. The molecule has 0 saturated heterocycles. The van der Waals surface area contributed by atoms with Crippen molar-refractivity contribution in [2.24, 2.45) is 0 Å². The van der Waals surface area contributed by atoms with Gasteiger partial charge in [-0.1, -0.05) is 30.3 Å². The first-order chi connectivity index (χ1) is 15.9. The minimum atomic E-state index is -0.610. The average Bonchev–Trinajstić information content (AvgIpc) is 2.79. The Morgan fingerprint density at radius 2 is 1.64 bits per heavy atom. The minimum absolute atomic E-state index is 0.0245. The number of phenolic OH excluding ortho intramolecular Hbond substituents is 3. The van der Waals surface area contributed by atoms with Gasteiger partial charge in [0.15, 0.2) is 17.2 Å². The van der Waals surface area contributed by atoms with E-state index in [9.17, 15) is 24.5 Å². The van der Waals surface area contributed by atoms with Crippen LogP contribution in [0.5, 0.6) is 23.0 Å². The van der Waals surface area contributed by atoms with Gasteiger partial charge in [-0.05, 0) is 35.9 Å². The van der Waals surface area contributed by atoms with Crippen molar-refractivity contribution in [2.45, 2.75) is 6.61 Å². The van der Waals surface area contributed by atoms with Crippen molar-refractivity contribution in [1.82, 2.24) is 0 Å². The van der Waals surface area contributed by atoms with Gasteiger partial charge < -0.3 is 24.5 Å². The first kappa shape index (κ1) is 20.4. The van der Waals surface area contributed by atoms with Gasteiger partial charge >= 0.3 is 0 Å². The molecule has 0 aromatic heterocycles. The first-order valence-corrected chi connectivity index (χ1v) is 10.0. The molecule has 3 N–H and O–H groups in total. The van der Waals surface area contributed by atoms with Gasteiger partial charge in [0.25, 0.3) is 0 Å². The Kier molecular flexibility index (Phi) is 4.86. The summed E-state index contributed by atoms with van der Waals surface area (Å²) in [5, 5.41) is 30.5. The number of phenols is 3. The summed E-state index contributed by atoms with van der Waals surface area (Å²) in [7, 11) is 0. The van der Waals surface area contributed by atoms with Crippen molar-refractivity contribution in [3.05, 3.63) is 94.4 Å². The maximum Gasteiger partial charge on any atom is 0.223 e. The lowest BCUT2D eigenvalue weighted by atomic mass is 9.93. The third-order valence-corrected chi connectivity index (χ3v) is 5.37. The molecule has 2 aliphatic rings. The Bertz CT molecular complexity index is 1540. The molecule has 1 heterocycles. The maximum absolute atomic E-state index is 13.9. The number of hydrogen-bond donors (Lipinski definition) is 3. The molecular formula is C26H17FO6. The van der Waals surface area contributed by atoms with Gasteiger partial charge in [-0.15, -0.1) is 0 Å². The fourth-order valence-electron chi connectivity index (χ4n) is 3.76. The van der Waals surface area contributed by atoms with Gasteiger partial charge in [0, 0.05) is 34.2 Å². The molecule has 6 nitrogen and oxygen atoms in total. The van der Waals surface area contributed by atoms with Crippen molar-refractivity contribution in [3.63, 3.8) is 0 Å². The fourth-order valence-corrected chi connectivity index (χ4v) is 3.76. The highest BCUT2D eigenvalue weighted by molar-refractivity contribution is 6.03. The highest BCUT2D eigenvalue weighted by atomic mass is 19.1. The fraction of sp³-hybridized carbons (Fsp3) is 0.0385. The molecular weight excluding hydrogens is 427 g/mol. The smallest absolute Gasteiger partial charge is 0.223 e. The van der Waals surface area contributed by atoms with Crippen molar-refractivity contribution in [2.75, 3.05) is 0 Å². The standard InChI is InChI=1S/C26H17FO6/c27-19-7-2-1-4-15(19)13-32-16-6-3-5-14(8-16)26-17-9-20(28)22(30)11-24(17)33-25-12-23(31)21(29)10-18(25)26/h1-12,28-30H,13H2. The molecule has 1 aliphatic heterocycles. The summed E-state index contributed by atoms with van der Waals surface area (Å²) in [4.78, 5) is 12.0. The van der Waals surface area contributed by atoms with E-state index in [4.69, 9.17) is 9.15 Å². The summed E-state index contributed by atoms with van der Waals surface area (Å²) in [5.74, 6) is -0.883. The highest BCUT2D eigenvalue weighted by Gasteiger charge is 2.21. The molecule has 0 bridgehead atoms. The van der Waals surface area contributed by atoms with Crippen LogP contribution < -0.4 is 10.2 Å². The van der Waals surface area contributed by atoms with Crippen LogP contribution in [0.25, 0.3) is 33.4 Å². The van der Waals surface area contributed by atoms with E-state index in [1.165, 1.54) is 24.3 Å². The maximum atomic E-state index is 13.9. The Balaban J connectivity index is 1.68. The van der Waals surface area contributed by atoms with E-state index < -0.39 is 11.2 Å². The van der Waals surface area contributed by atoms with E-state index in [1.807, 2.05) is 0 Å². The Hall–Kier alpha value is -4.52. The van der Waals surface area contributed by atoms with Gasteiger partial charge in [0.05, 0.1) is 0 Å². The first-order valence-electron chi connectivity index (χ1n) is 10.0. The van der Waals surface area contributed by atoms with Crippen LogP contribution in [0.3, 0.4) is 0 Å². The van der Waals surface area contributed by atoms with Gasteiger partial charge in [-0.25, -0.2) is 4.39 Å². The van der Waals surface area contributed by atoms with Gasteiger partial charge in [-0.3, -0.25) is 4.79 Å². The monoisotopic (exact) mass is 444 g/mol. The molecule has 0 unspecified atom stereocenters. The van der Waals surface area contributed by atoms with E-state index in [1.54, 1.807) is 42.5 Å². The van der Waals surface area contributed by atoms with Crippen LogP contribution in [0.4, 0.5) is 4.39 Å². The molecule has 7 heteroatoms. The summed E-state index contributed by atoms with van der Waals surface area (Å²) in [5.41, 5.74) is 1.64. The molecule has 1 aliphatic carbocycles. The molecule has 33 heavy (non-hydrogen) atoms. The van der Waals surface area contributed by atoms with Crippen LogP contribution in [-0.2, 0) is 6.61 Å². The topological polar surface area (TPSA) is 100 Å². The third kappa shape index (κ3) is 3.70. The number of benzene rings is 4. The highest BCUT2D eigenvalue weighted by Crippen LogP contribution is 2.44. The summed E-state index contributed by atoms with van der Waals surface area (Å²) < 4.78 is 25.5. The molecule has 0 saturated carbocycles. The number of halogens is 1. The third-order valence-electron chi connectivity index (χ3n) is 5.37.